The normalized spacial score (nSPS) is 37.6. The lowest BCUT2D eigenvalue weighted by atomic mass is 9.71. The van der Waals surface area contributed by atoms with Crippen molar-refractivity contribution in [1.82, 2.24) is 10.6 Å². The molecule has 0 spiro atoms. The van der Waals surface area contributed by atoms with Crippen molar-refractivity contribution in [2.45, 2.75) is 57.2 Å². The van der Waals surface area contributed by atoms with Crippen LogP contribution >= 0.6 is 0 Å². The number of carboxylic acids is 1. The predicted molar refractivity (Wildman–Crippen MR) is 73.3 cm³/mol. The summed E-state index contributed by atoms with van der Waals surface area (Å²) in [4.78, 5) is 23.8. The molecule has 4 unspecified atom stereocenters. The van der Waals surface area contributed by atoms with Gasteiger partial charge in [-0.05, 0) is 26.2 Å². The average Bonchev–Trinajstić information content (AvgIpc) is 2.90. The van der Waals surface area contributed by atoms with Crippen LogP contribution in [-0.2, 0) is 14.3 Å². The molecule has 20 heavy (non-hydrogen) atoms. The highest BCUT2D eigenvalue weighted by atomic mass is 16.5. The zero-order valence-electron chi connectivity index (χ0n) is 12.1. The molecule has 4 atom stereocenters. The zero-order chi connectivity index (χ0) is 14.8. The maximum Gasteiger partial charge on any atom is 0.311 e. The van der Waals surface area contributed by atoms with Crippen molar-refractivity contribution in [2.75, 3.05) is 13.7 Å². The van der Waals surface area contributed by atoms with Gasteiger partial charge in [0.25, 0.3) is 0 Å². The summed E-state index contributed by atoms with van der Waals surface area (Å²) >= 11 is 0. The third kappa shape index (κ3) is 2.96. The first-order valence-electron chi connectivity index (χ1n) is 7.27. The van der Waals surface area contributed by atoms with Gasteiger partial charge >= 0.3 is 5.97 Å². The van der Waals surface area contributed by atoms with Crippen LogP contribution in [0.3, 0.4) is 0 Å². The summed E-state index contributed by atoms with van der Waals surface area (Å²) in [5.41, 5.74) is -0.854. The van der Waals surface area contributed by atoms with Crippen molar-refractivity contribution in [2.24, 2.45) is 5.41 Å². The number of hydrogen-bond acceptors (Lipinski definition) is 4. The molecule has 6 heteroatoms. The Balaban J connectivity index is 1.97. The van der Waals surface area contributed by atoms with E-state index in [0.29, 0.717) is 19.4 Å². The molecule has 1 saturated carbocycles. The maximum atomic E-state index is 12.3. The van der Waals surface area contributed by atoms with E-state index in [-0.39, 0.29) is 24.1 Å². The van der Waals surface area contributed by atoms with E-state index in [9.17, 15) is 14.7 Å². The summed E-state index contributed by atoms with van der Waals surface area (Å²) < 4.78 is 5.22. The van der Waals surface area contributed by atoms with Crippen molar-refractivity contribution in [3.63, 3.8) is 0 Å². The third-order valence-electron chi connectivity index (χ3n) is 4.75. The smallest absolute Gasteiger partial charge is 0.311 e. The van der Waals surface area contributed by atoms with E-state index in [1.54, 1.807) is 14.0 Å². The minimum atomic E-state index is -0.854. The van der Waals surface area contributed by atoms with Gasteiger partial charge in [0.15, 0.2) is 0 Å². The summed E-state index contributed by atoms with van der Waals surface area (Å²) in [5.74, 6) is -0.930. The molecule has 2 rings (SSSR count). The highest BCUT2D eigenvalue weighted by molar-refractivity contribution is 5.84. The minimum Gasteiger partial charge on any atom is -0.481 e. The topological polar surface area (TPSA) is 87.7 Å². The summed E-state index contributed by atoms with van der Waals surface area (Å²) in [6.45, 7) is 2.40. The molecule has 0 bridgehead atoms. The number of ether oxygens (including phenoxy) is 1. The van der Waals surface area contributed by atoms with Gasteiger partial charge in [-0.2, -0.15) is 0 Å². The Morgan fingerprint density at radius 3 is 2.75 bits per heavy atom. The van der Waals surface area contributed by atoms with Crippen LogP contribution in [0, 0.1) is 5.41 Å². The molecule has 1 aliphatic carbocycles. The van der Waals surface area contributed by atoms with Crippen molar-refractivity contribution in [3.8, 4) is 0 Å². The number of carbonyl (C=O) groups excluding carboxylic acids is 1. The molecule has 1 amide bonds. The lowest BCUT2D eigenvalue weighted by Gasteiger charge is -2.38. The number of hydrogen-bond donors (Lipinski definition) is 3. The van der Waals surface area contributed by atoms with Crippen molar-refractivity contribution in [3.05, 3.63) is 0 Å². The standard InChI is InChI=1S/C14H24N2O4/c1-14(13(18)19)6-4-3-5-11(14)16-12(17)10-7-9(20-2)8-15-10/h9-11,15H,3-8H2,1-2H3,(H,16,17)(H,18,19). The number of rotatable bonds is 4. The largest absolute Gasteiger partial charge is 0.481 e. The fraction of sp³-hybridized carbons (Fsp3) is 0.857. The van der Waals surface area contributed by atoms with Gasteiger partial charge in [0, 0.05) is 19.7 Å². The number of carboxylic acid groups (broad SMARTS) is 1. The Morgan fingerprint density at radius 1 is 1.40 bits per heavy atom. The van der Waals surface area contributed by atoms with Gasteiger partial charge in [0.2, 0.25) is 5.91 Å². The van der Waals surface area contributed by atoms with Crippen LogP contribution in [0.25, 0.3) is 0 Å². The lowest BCUT2D eigenvalue weighted by Crippen LogP contribution is -2.55. The molecule has 0 aromatic heterocycles. The highest BCUT2D eigenvalue weighted by Gasteiger charge is 2.44. The van der Waals surface area contributed by atoms with Crippen LogP contribution in [0.2, 0.25) is 0 Å². The van der Waals surface area contributed by atoms with Crippen molar-refractivity contribution in [1.29, 1.82) is 0 Å². The molecule has 0 radical (unpaired) electrons. The van der Waals surface area contributed by atoms with Crippen LogP contribution in [0.15, 0.2) is 0 Å². The molecule has 2 fully saturated rings. The van der Waals surface area contributed by atoms with Crippen LogP contribution in [0.5, 0.6) is 0 Å². The Kier molecular flexibility index (Phi) is 4.65. The van der Waals surface area contributed by atoms with Gasteiger partial charge in [-0.3, -0.25) is 9.59 Å². The monoisotopic (exact) mass is 284 g/mol. The average molecular weight is 284 g/mol. The molecule has 114 valence electrons. The van der Waals surface area contributed by atoms with E-state index in [2.05, 4.69) is 10.6 Å². The molecule has 0 aromatic carbocycles. The number of amides is 1. The Morgan fingerprint density at radius 2 is 2.15 bits per heavy atom. The Labute approximate surface area is 119 Å². The van der Waals surface area contributed by atoms with Crippen LogP contribution in [-0.4, -0.2) is 48.8 Å². The van der Waals surface area contributed by atoms with Crippen LogP contribution < -0.4 is 10.6 Å². The number of carbonyl (C=O) groups is 2. The van der Waals surface area contributed by atoms with Gasteiger partial charge in [-0.25, -0.2) is 0 Å². The Hall–Kier alpha value is -1.14. The van der Waals surface area contributed by atoms with Gasteiger partial charge in [0.1, 0.15) is 0 Å². The van der Waals surface area contributed by atoms with Gasteiger partial charge in [0.05, 0.1) is 17.6 Å². The predicted octanol–water partition coefficient (Wildman–Crippen LogP) is 0.513. The fourth-order valence-electron chi connectivity index (χ4n) is 3.18. The van der Waals surface area contributed by atoms with E-state index in [1.807, 2.05) is 0 Å². The first kappa shape index (κ1) is 15.3. The minimum absolute atomic E-state index is 0.0583. The molecule has 1 aliphatic heterocycles. The van der Waals surface area contributed by atoms with E-state index in [0.717, 1.165) is 19.3 Å². The van der Waals surface area contributed by atoms with E-state index in [4.69, 9.17) is 4.74 Å². The second-order valence-corrected chi connectivity index (χ2v) is 6.08. The summed E-state index contributed by atoms with van der Waals surface area (Å²) in [6.07, 6.45) is 3.91. The van der Waals surface area contributed by atoms with E-state index < -0.39 is 11.4 Å². The molecule has 2 aliphatic rings. The third-order valence-corrected chi connectivity index (χ3v) is 4.75. The molecule has 1 saturated heterocycles. The van der Waals surface area contributed by atoms with E-state index >= 15 is 0 Å². The Bertz CT molecular complexity index is 387. The summed E-state index contributed by atoms with van der Waals surface area (Å²) in [6, 6.07) is -0.565. The first-order chi connectivity index (χ1) is 9.47. The number of methoxy groups -OCH3 is 1. The maximum absolute atomic E-state index is 12.3. The second kappa shape index (κ2) is 6.10. The molecular weight excluding hydrogens is 260 g/mol. The van der Waals surface area contributed by atoms with Gasteiger partial charge in [-0.1, -0.05) is 12.8 Å². The lowest BCUT2D eigenvalue weighted by molar-refractivity contribution is -0.152. The summed E-state index contributed by atoms with van der Waals surface area (Å²) in [7, 11) is 1.63. The van der Waals surface area contributed by atoms with Crippen LogP contribution in [0.1, 0.15) is 39.0 Å². The van der Waals surface area contributed by atoms with Crippen LogP contribution in [0.4, 0.5) is 0 Å². The zero-order valence-corrected chi connectivity index (χ0v) is 12.1. The number of nitrogens with one attached hydrogen (secondary N) is 2. The molecular formula is C14H24N2O4. The van der Waals surface area contributed by atoms with Gasteiger partial charge in [-0.15, -0.1) is 0 Å². The van der Waals surface area contributed by atoms with Crippen molar-refractivity contribution < 1.29 is 19.4 Å². The summed E-state index contributed by atoms with van der Waals surface area (Å²) in [5, 5.41) is 15.5. The van der Waals surface area contributed by atoms with Crippen molar-refractivity contribution >= 4 is 11.9 Å². The SMILES string of the molecule is COC1CNC(C(=O)NC2CCCCC2(C)C(=O)O)C1. The fourth-order valence-corrected chi connectivity index (χ4v) is 3.18. The molecule has 6 nitrogen and oxygen atoms in total. The van der Waals surface area contributed by atoms with Gasteiger partial charge < -0.3 is 20.5 Å². The molecule has 3 N–H and O–H groups in total. The number of aliphatic carboxylic acids is 1. The quantitative estimate of drug-likeness (QED) is 0.700. The highest BCUT2D eigenvalue weighted by Crippen LogP contribution is 2.36. The van der Waals surface area contributed by atoms with E-state index in [1.165, 1.54) is 0 Å². The second-order valence-electron chi connectivity index (χ2n) is 6.08. The molecule has 0 aromatic rings. The first-order valence-corrected chi connectivity index (χ1v) is 7.27. The molecule has 1 heterocycles.